The monoisotopic (exact) mass is 296 g/mol. The summed E-state index contributed by atoms with van der Waals surface area (Å²) in [4.78, 5) is 11.5. The Balaban J connectivity index is 2.30. The van der Waals surface area contributed by atoms with Gasteiger partial charge in [-0.05, 0) is 51.3 Å². The second-order valence-electron chi connectivity index (χ2n) is 5.39. The molecule has 118 valence electrons. The second kappa shape index (κ2) is 8.62. The molecule has 0 radical (unpaired) electrons. The Labute approximate surface area is 125 Å². The van der Waals surface area contributed by atoms with Crippen LogP contribution in [0.3, 0.4) is 0 Å². The van der Waals surface area contributed by atoms with E-state index < -0.39 is 5.54 Å². The minimum Gasteiger partial charge on any atom is -0.493 e. The van der Waals surface area contributed by atoms with E-state index in [1.165, 1.54) is 12.1 Å². The van der Waals surface area contributed by atoms with Crippen LogP contribution in [0.15, 0.2) is 24.3 Å². The summed E-state index contributed by atoms with van der Waals surface area (Å²) in [5.41, 5.74) is 4.79. The number of ether oxygens (including phenoxy) is 1. The van der Waals surface area contributed by atoms with Gasteiger partial charge in [0.25, 0.3) is 0 Å². The fourth-order valence-electron chi connectivity index (χ4n) is 2.03. The van der Waals surface area contributed by atoms with Crippen LogP contribution in [0.4, 0.5) is 4.39 Å². The zero-order chi connectivity index (χ0) is 15.7. The average molecular weight is 296 g/mol. The lowest BCUT2D eigenvalue weighted by Gasteiger charge is -2.27. The largest absolute Gasteiger partial charge is 0.493 e. The SMILES string of the molecule is CCCNC(C)(CCCCOc1cccc(F)c1)C(N)=O. The number of rotatable bonds is 10. The first-order chi connectivity index (χ1) is 9.98. The van der Waals surface area contributed by atoms with Crippen molar-refractivity contribution in [3.63, 3.8) is 0 Å². The molecule has 1 amide bonds. The predicted octanol–water partition coefficient (Wildman–Crippen LogP) is 2.62. The molecule has 0 fully saturated rings. The fourth-order valence-corrected chi connectivity index (χ4v) is 2.03. The Hall–Kier alpha value is -1.62. The molecule has 0 saturated carbocycles. The maximum Gasteiger partial charge on any atom is 0.237 e. The van der Waals surface area contributed by atoms with Crippen LogP contribution in [-0.2, 0) is 4.79 Å². The normalized spacial score (nSPS) is 13.7. The summed E-state index contributed by atoms with van der Waals surface area (Å²) in [5.74, 6) is -0.115. The molecule has 0 bridgehead atoms. The quantitative estimate of drug-likeness (QED) is 0.652. The van der Waals surface area contributed by atoms with Crippen LogP contribution < -0.4 is 15.8 Å². The minimum atomic E-state index is -0.672. The van der Waals surface area contributed by atoms with Crippen molar-refractivity contribution in [1.82, 2.24) is 5.32 Å². The summed E-state index contributed by atoms with van der Waals surface area (Å²) in [5, 5.41) is 3.20. The molecule has 1 aromatic carbocycles. The van der Waals surface area contributed by atoms with Gasteiger partial charge in [0, 0.05) is 6.07 Å². The maximum atomic E-state index is 13.0. The molecule has 1 aromatic rings. The van der Waals surface area contributed by atoms with Gasteiger partial charge >= 0.3 is 0 Å². The van der Waals surface area contributed by atoms with Gasteiger partial charge in [-0.15, -0.1) is 0 Å². The molecular weight excluding hydrogens is 271 g/mol. The van der Waals surface area contributed by atoms with Crippen LogP contribution in [0.1, 0.15) is 39.5 Å². The Morgan fingerprint density at radius 1 is 1.43 bits per heavy atom. The van der Waals surface area contributed by atoms with E-state index in [1.54, 1.807) is 12.1 Å². The van der Waals surface area contributed by atoms with Crippen LogP contribution in [0.2, 0.25) is 0 Å². The van der Waals surface area contributed by atoms with Crippen LogP contribution in [0.5, 0.6) is 5.75 Å². The van der Waals surface area contributed by atoms with Gasteiger partial charge in [-0.1, -0.05) is 13.0 Å². The van der Waals surface area contributed by atoms with Gasteiger partial charge in [0.15, 0.2) is 0 Å². The number of halogens is 1. The van der Waals surface area contributed by atoms with Gasteiger partial charge < -0.3 is 15.8 Å². The molecule has 3 N–H and O–H groups in total. The van der Waals surface area contributed by atoms with E-state index in [0.717, 1.165) is 25.8 Å². The van der Waals surface area contributed by atoms with Crippen molar-refractivity contribution in [3.05, 3.63) is 30.1 Å². The summed E-state index contributed by atoms with van der Waals surface area (Å²) in [7, 11) is 0. The number of unbranched alkanes of at least 4 members (excludes halogenated alkanes) is 1. The number of primary amides is 1. The van der Waals surface area contributed by atoms with Gasteiger partial charge in [0.05, 0.1) is 12.1 Å². The van der Waals surface area contributed by atoms with Gasteiger partial charge in [0.1, 0.15) is 11.6 Å². The number of hydrogen-bond acceptors (Lipinski definition) is 3. The zero-order valence-electron chi connectivity index (χ0n) is 12.8. The van der Waals surface area contributed by atoms with Gasteiger partial charge in [-0.25, -0.2) is 4.39 Å². The number of amides is 1. The van der Waals surface area contributed by atoms with Crippen LogP contribution in [0, 0.1) is 5.82 Å². The maximum absolute atomic E-state index is 13.0. The van der Waals surface area contributed by atoms with Gasteiger partial charge in [-0.2, -0.15) is 0 Å². The number of carbonyl (C=O) groups is 1. The standard InChI is InChI=1S/C16H25FN2O2/c1-3-10-19-16(2,15(18)20)9-4-5-11-21-14-8-6-7-13(17)12-14/h6-8,12,19H,3-5,9-11H2,1-2H3,(H2,18,20). The third kappa shape index (κ3) is 6.12. The highest BCUT2D eigenvalue weighted by atomic mass is 19.1. The number of nitrogens with one attached hydrogen (secondary N) is 1. The van der Waals surface area contributed by atoms with E-state index in [1.807, 2.05) is 13.8 Å². The molecule has 0 aliphatic carbocycles. The third-order valence-electron chi connectivity index (χ3n) is 3.44. The lowest BCUT2D eigenvalue weighted by molar-refractivity contribution is -0.124. The lowest BCUT2D eigenvalue weighted by Crippen LogP contribution is -2.53. The average Bonchev–Trinajstić information content (AvgIpc) is 2.44. The fraction of sp³-hybridized carbons (Fsp3) is 0.562. The predicted molar refractivity (Wildman–Crippen MR) is 81.6 cm³/mol. The van der Waals surface area contributed by atoms with Gasteiger partial charge in [0.2, 0.25) is 5.91 Å². The number of carbonyl (C=O) groups excluding carboxylic acids is 1. The topological polar surface area (TPSA) is 64.3 Å². The molecule has 0 aromatic heterocycles. The molecule has 1 atom stereocenters. The number of hydrogen-bond donors (Lipinski definition) is 2. The van der Waals surface area contributed by atoms with E-state index in [4.69, 9.17) is 10.5 Å². The number of benzene rings is 1. The summed E-state index contributed by atoms with van der Waals surface area (Å²) >= 11 is 0. The first-order valence-electron chi connectivity index (χ1n) is 7.41. The van der Waals surface area contributed by atoms with Crippen molar-refractivity contribution in [2.75, 3.05) is 13.2 Å². The second-order valence-corrected chi connectivity index (χ2v) is 5.39. The van der Waals surface area contributed by atoms with E-state index in [2.05, 4.69) is 5.32 Å². The molecule has 5 heteroatoms. The van der Waals surface area contributed by atoms with Crippen LogP contribution in [0.25, 0.3) is 0 Å². The summed E-state index contributed by atoms with van der Waals surface area (Å²) in [6.45, 7) is 5.13. The summed E-state index contributed by atoms with van der Waals surface area (Å²) < 4.78 is 18.4. The summed E-state index contributed by atoms with van der Waals surface area (Å²) in [6, 6.07) is 6.07. The minimum absolute atomic E-state index is 0.308. The highest BCUT2D eigenvalue weighted by Gasteiger charge is 2.29. The molecule has 0 aliphatic rings. The van der Waals surface area contributed by atoms with Crippen LogP contribution >= 0.6 is 0 Å². The first kappa shape index (κ1) is 17.4. The van der Waals surface area contributed by atoms with Crippen LogP contribution in [-0.4, -0.2) is 24.6 Å². The molecule has 0 saturated heterocycles. The zero-order valence-corrected chi connectivity index (χ0v) is 12.8. The van der Waals surface area contributed by atoms with Crippen molar-refractivity contribution in [2.24, 2.45) is 5.73 Å². The van der Waals surface area contributed by atoms with E-state index in [-0.39, 0.29) is 11.7 Å². The molecule has 4 nitrogen and oxygen atoms in total. The smallest absolute Gasteiger partial charge is 0.237 e. The van der Waals surface area contributed by atoms with Crippen molar-refractivity contribution < 1.29 is 13.9 Å². The third-order valence-corrected chi connectivity index (χ3v) is 3.44. The molecular formula is C16H25FN2O2. The Bertz CT molecular complexity index is 454. The van der Waals surface area contributed by atoms with E-state index >= 15 is 0 Å². The molecule has 0 aliphatic heterocycles. The summed E-state index contributed by atoms with van der Waals surface area (Å²) in [6.07, 6.45) is 3.21. The molecule has 1 rings (SSSR count). The molecule has 0 spiro atoms. The van der Waals surface area contributed by atoms with Crippen molar-refractivity contribution in [3.8, 4) is 5.75 Å². The highest BCUT2D eigenvalue weighted by molar-refractivity contribution is 5.84. The highest BCUT2D eigenvalue weighted by Crippen LogP contribution is 2.15. The first-order valence-corrected chi connectivity index (χ1v) is 7.41. The Morgan fingerprint density at radius 2 is 2.19 bits per heavy atom. The van der Waals surface area contributed by atoms with E-state index in [0.29, 0.717) is 18.8 Å². The van der Waals surface area contributed by atoms with E-state index in [9.17, 15) is 9.18 Å². The van der Waals surface area contributed by atoms with Gasteiger partial charge in [-0.3, -0.25) is 4.79 Å². The lowest BCUT2D eigenvalue weighted by atomic mass is 9.94. The molecule has 1 unspecified atom stereocenters. The molecule has 0 heterocycles. The van der Waals surface area contributed by atoms with Crippen molar-refractivity contribution in [1.29, 1.82) is 0 Å². The Morgan fingerprint density at radius 3 is 2.81 bits per heavy atom. The Kier molecular flexibility index (Phi) is 7.15. The molecule has 21 heavy (non-hydrogen) atoms. The number of nitrogens with two attached hydrogens (primary N) is 1. The van der Waals surface area contributed by atoms with Crippen molar-refractivity contribution in [2.45, 2.75) is 45.1 Å². The van der Waals surface area contributed by atoms with Crippen molar-refractivity contribution >= 4 is 5.91 Å².